The third-order valence-corrected chi connectivity index (χ3v) is 3.72. The summed E-state index contributed by atoms with van der Waals surface area (Å²) in [6, 6.07) is 6.72. The van der Waals surface area contributed by atoms with Crippen molar-refractivity contribution < 1.29 is 4.92 Å². The summed E-state index contributed by atoms with van der Waals surface area (Å²) in [6.07, 6.45) is 1.58. The molecule has 1 heterocycles. The zero-order valence-corrected chi connectivity index (χ0v) is 12.0. The second kappa shape index (κ2) is 7.03. The minimum Gasteiger partial charge on any atom is -0.388 e. The molecule has 0 radical (unpaired) electrons. The lowest BCUT2D eigenvalue weighted by molar-refractivity contribution is -0.384. The number of amidine groups is 1. The number of rotatable bonds is 6. The monoisotopic (exact) mass is 291 g/mol. The van der Waals surface area contributed by atoms with Crippen molar-refractivity contribution in [3.63, 3.8) is 0 Å². The van der Waals surface area contributed by atoms with E-state index in [0.29, 0.717) is 6.42 Å². The zero-order valence-electron chi connectivity index (χ0n) is 12.0. The summed E-state index contributed by atoms with van der Waals surface area (Å²) in [5.41, 5.74) is 6.51. The summed E-state index contributed by atoms with van der Waals surface area (Å²) >= 11 is 0. The molecular weight excluding hydrogens is 270 g/mol. The van der Waals surface area contributed by atoms with Crippen LogP contribution < -0.4 is 10.6 Å². The van der Waals surface area contributed by atoms with Crippen LogP contribution in [0.5, 0.6) is 0 Å². The van der Waals surface area contributed by atoms with Crippen LogP contribution in [0.4, 0.5) is 11.4 Å². The van der Waals surface area contributed by atoms with Crippen molar-refractivity contribution in [1.82, 2.24) is 4.90 Å². The van der Waals surface area contributed by atoms with Gasteiger partial charge in [-0.15, -0.1) is 0 Å². The summed E-state index contributed by atoms with van der Waals surface area (Å²) in [7, 11) is 0. The molecule has 21 heavy (non-hydrogen) atoms. The SMILES string of the molecule is N=C(N)CCCN1CCN(c2ccc([N+](=O)[O-])cc2)CC1. The first kappa shape index (κ1) is 15.2. The van der Waals surface area contributed by atoms with Crippen molar-refractivity contribution in [2.75, 3.05) is 37.6 Å². The van der Waals surface area contributed by atoms with Crippen LogP contribution >= 0.6 is 0 Å². The van der Waals surface area contributed by atoms with Crippen molar-refractivity contribution in [2.45, 2.75) is 12.8 Å². The van der Waals surface area contributed by atoms with Gasteiger partial charge in [-0.3, -0.25) is 20.4 Å². The first-order valence-electron chi connectivity index (χ1n) is 7.11. The highest BCUT2D eigenvalue weighted by Gasteiger charge is 2.17. The molecule has 1 saturated heterocycles. The summed E-state index contributed by atoms with van der Waals surface area (Å²) in [5, 5.41) is 17.8. The van der Waals surface area contributed by atoms with Crippen molar-refractivity contribution in [1.29, 1.82) is 5.41 Å². The van der Waals surface area contributed by atoms with Gasteiger partial charge in [0.2, 0.25) is 0 Å². The lowest BCUT2D eigenvalue weighted by atomic mass is 10.2. The number of hydrogen-bond acceptors (Lipinski definition) is 5. The number of hydrogen-bond donors (Lipinski definition) is 2. The summed E-state index contributed by atoms with van der Waals surface area (Å²) < 4.78 is 0. The van der Waals surface area contributed by atoms with E-state index in [1.807, 2.05) is 12.1 Å². The smallest absolute Gasteiger partial charge is 0.269 e. The fraction of sp³-hybridized carbons (Fsp3) is 0.500. The van der Waals surface area contributed by atoms with Gasteiger partial charge in [0.15, 0.2) is 0 Å². The van der Waals surface area contributed by atoms with Gasteiger partial charge in [-0.2, -0.15) is 0 Å². The van der Waals surface area contributed by atoms with Crippen LogP contribution in [0.1, 0.15) is 12.8 Å². The molecule has 7 nitrogen and oxygen atoms in total. The molecule has 0 aliphatic carbocycles. The number of nitro groups is 1. The average Bonchev–Trinajstić information content (AvgIpc) is 2.48. The molecule has 0 saturated carbocycles. The zero-order chi connectivity index (χ0) is 15.2. The number of piperazine rings is 1. The molecule has 0 bridgehead atoms. The quantitative estimate of drug-likeness (QED) is 0.357. The lowest BCUT2D eigenvalue weighted by Crippen LogP contribution is -2.46. The van der Waals surface area contributed by atoms with E-state index >= 15 is 0 Å². The van der Waals surface area contributed by atoms with Gasteiger partial charge in [0, 0.05) is 50.4 Å². The standard InChI is InChI=1S/C14H21N5O2/c15-14(16)2-1-7-17-8-10-18(11-9-17)12-3-5-13(6-4-12)19(20)21/h3-6H,1-2,7-11H2,(H3,15,16). The number of nitro benzene ring substituents is 1. The van der Waals surface area contributed by atoms with E-state index < -0.39 is 0 Å². The molecule has 0 atom stereocenters. The van der Waals surface area contributed by atoms with Crippen LogP contribution in [0.3, 0.4) is 0 Å². The Balaban J connectivity index is 1.80. The van der Waals surface area contributed by atoms with Crippen molar-refractivity contribution in [3.8, 4) is 0 Å². The maximum Gasteiger partial charge on any atom is 0.269 e. The van der Waals surface area contributed by atoms with Crippen LogP contribution in [0.15, 0.2) is 24.3 Å². The molecule has 1 aliphatic heterocycles. The lowest BCUT2D eigenvalue weighted by Gasteiger charge is -2.36. The van der Waals surface area contributed by atoms with Gasteiger partial charge < -0.3 is 10.6 Å². The number of benzene rings is 1. The van der Waals surface area contributed by atoms with Gasteiger partial charge >= 0.3 is 0 Å². The van der Waals surface area contributed by atoms with Crippen LogP contribution in [0.25, 0.3) is 0 Å². The van der Waals surface area contributed by atoms with Crippen molar-refractivity contribution >= 4 is 17.2 Å². The molecule has 1 aromatic carbocycles. The Labute approximate surface area is 124 Å². The summed E-state index contributed by atoms with van der Waals surface area (Å²) in [4.78, 5) is 14.9. The van der Waals surface area contributed by atoms with E-state index in [0.717, 1.165) is 44.8 Å². The molecular formula is C14H21N5O2. The first-order chi connectivity index (χ1) is 10.1. The Kier molecular flexibility index (Phi) is 5.10. The van der Waals surface area contributed by atoms with Crippen LogP contribution in [0, 0.1) is 15.5 Å². The second-order valence-electron chi connectivity index (χ2n) is 5.23. The van der Waals surface area contributed by atoms with Gasteiger partial charge in [-0.1, -0.05) is 0 Å². The molecule has 1 aromatic rings. The van der Waals surface area contributed by atoms with E-state index in [-0.39, 0.29) is 16.4 Å². The number of anilines is 1. The van der Waals surface area contributed by atoms with E-state index in [1.165, 1.54) is 0 Å². The fourth-order valence-electron chi connectivity index (χ4n) is 2.51. The Morgan fingerprint density at radius 1 is 1.24 bits per heavy atom. The maximum atomic E-state index is 10.6. The number of nitrogens with two attached hydrogens (primary N) is 1. The first-order valence-corrected chi connectivity index (χ1v) is 7.11. The van der Waals surface area contributed by atoms with Crippen LogP contribution in [-0.2, 0) is 0 Å². The van der Waals surface area contributed by atoms with E-state index in [9.17, 15) is 10.1 Å². The summed E-state index contributed by atoms with van der Waals surface area (Å²) in [6.45, 7) is 4.73. The normalized spacial score (nSPS) is 15.9. The Bertz CT molecular complexity index is 495. The van der Waals surface area contributed by atoms with Gasteiger partial charge in [-0.05, 0) is 25.1 Å². The Hall–Kier alpha value is -2.15. The van der Waals surface area contributed by atoms with Crippen LogP contribution in [-0.4, -0.2) is 48.4 Å². The topological polar surface area (TPSA) is 99.5 Å². The minimum atomic E-state index is -0.378. The third-order valence-electron chi connectivity index (χ3n) is 3.72. The highest BCUT2D eigenvalue weighted by atomic mass is 16.6. The van der Waals surface area contributed by atoms with Gasteiger partial charge in [-0.25, -0.2) is 0 Å². The predicted molar refractivity (Wildman–Crippen MR) is 82.9 cm³/mol. The molecule has 0 spiro atoms. The van der Waals surface area contributed by atoms with Crippen molar-refractivity contribution in [2.24, 2.45) is 5.73 Å². The van der Waals surface area contributed by atoms with Crippen LogP contribution in [0.2, 0.25) is 0 Å². The molecule has 1 fully saturated rings. The van der Waals surface area contributed by atoms with Gasteiger partial charge in [0.25, 0.3) is 5.69 Å². The molecule has 0 unspecified atom stereocenters. The van der Waals surface area contributed by atoms with Gasteiger partial charge in [0.1, 0.15) is 0 Å². The third kappa shape index (κ3) is 4.42. The van der Waals surface area contributed by atoms with Gasteiger partial charge in [0.05, 0.1) is 10.8 Å². The summed E-state index contributed by atoms with van der Waals surface area (Å²) in [5.74, 6) is 0.250. The fourth-order valence-corrected chi connectivity index (χ4v) is 2.51. The average molecular weight is 291 g/mol. The number of non-ortho nitro benzene ring substituents is 1. The minimum absolute atomic E-state index is 0.126. The Morgan fingerprint density at radius 2 is 1.86 bits per heavy atom. The Morgan fingerprint density at radius 3 is 2.38 bits per heavy atom. The number of nitrogens with one attached hydrogen (secondary N) is 1. The molecule has 1 aliphatic rings. The maximum absolute atomic E-state index is 10.6. The molecule has 7 heteroatoms. The molecule has 3 N–H and O–H groups in total. The van der Waals surface area contributed by atoms with E-state index in [4.69, 9.17) is 11.1 Å². The van der Waals surface area contributed by atoms with Crippen molar-refractivity contribution in [3.05, 3.63) is 34.4 Å². The van der Waals surface area contributed by atoms with E-state index in [1.54, 1.807) is 12.1 Å². The second-order valence-corrected chi connectivity index (χ2v) is 5.23. The van der Waals surface area contributed by atoms with E-state index in [2.05, 4.69) is 9.80 Å². The number of nitrogens with zero attached hydrogens (tertiary/aromatic N) is 3. The molecule has 114 valence electrons. The largest absolute Gasteiger partial charge is 0.388 e. The predicted octanol–water partition coefficient (Wildman–Crippen LogP) is 1.43. The molecule has 0 aromatic heterocycles. The molecule has 2 rings (SSSR count). The highest BCUT2D eigenvalue weighted by molar-refractivity contribution is 5.76. The molecule has 0 amide bonds. The highest BCUT2D eigenvalue weighted by Crippen LogP contribution is 2.20.